The Morgan fingerprint density at radius 3 is 2.30 bits per heavy atom. The lowest BCUT2D eigenvalue weighted by molar-refractivity contribution is 0.111. The van der Waals surface area contributed by atoms with E-state index < -0.39 is 0 Å². The van der Waals surface area contributed by atoms with E-state index in [4.69, 9.17) is 16.7 Å². The first-order valence-corrected chi connectivity index (χ1v) is 4.24. The van der Waals surface area contributed by atoms with Gasteiger partial charge in [0.25, 0.3) is 0 Å². The summed E-state index contributed by atoms with van der Waals surface area (Å²) in [5.41, 5.74) is 0.0206. The highest BCUT2D eigenvalue weighted by Gasteiger charge is 2.29. The average molecular weight is 164 g/mol. The lowest BCUT2D eigenvalue weighted by Gasteiger charge is -2.33. The van der Waals surface area contributed by atoms with Crippen molar-refractivity contribution in [3.8, 4) is 0 Å². The van der Waals surface area contributed by atoms with Crippen LogP contribution in [-0.2, 0) is 0 Å². The third-order valence-corrected chi connectivity index (χ3v) is 2.85. The second-order valence-corrected chi connectivity index (χ2v) is 3.31. The molecule has 2 nitrogen and oxygen atoms in total. The van der Waals surface area contributed by atoms with Gasteiger partial charge in [-0.1, -0.05) is 0 Å². The van der Waals surface area contributed by atoms with Crippen molar-refractivity contribution >= 4 is 11.6 Å². The molecule has 0 aromatic heterocycles. The first kappa shape index (κ1) is 8.31. The molecule has 2 N–H and O–H groups in total. The van der Waals surface area contributed by atoms with Crippen molar-refractivity contribution in [3.05, 3.63) is 0 Å². The highest BCUT2D eigenvalue weighted by molar-refractivity contribution is 6.18. The van der Waals surface area contributed by atoms with E-state index in [1.165, 1.54) is 0 Å². The predicted octanol–water partition coefficient (Wildman–Crippen LogP) is 0.587. The summed E-state index contributed by atoms with van der Waals surface area (Å²) in [5, 5.41) is 12.3. The normalized spacial score (nSPS) is 24.6. The smallest absolute Gasteiger partial charge is 0.0499 e. The maximum Gasteiger partial charge on any atom is 0.0499 e. The average Bonchev–Trinajstić information content (AvgIpc) is 2.06. The Bertz CT molecular complexity index is 95.8. The summed E-state index contributed by atoms with van der Waals surface area (Å²) in [7, 11) is 0. The maximum atomic E-state index is 9.03. The number of piperidine rings is 1. The van der Waals surface area contributed by atoms with Crippen molar-refractivity contribution in [2.45, 2.75) is 12.8 Å². The molecule has 0 bridgehead atoms. The highest BCUT2D eigenvalue weighted by atomic mass is 35.5. The third-order valence-electron chi connectivity index (χ3n) is 2.28. The van der Waals surface area contributed by atoms with E-state index in [-0.39, 0.29) is 12.0 Å². The van der Waals surface area contributed by atoms with Crippen LogP contribution in [0.3, 0.4) is 0 Å². The van der Waals surface area contributed by atoms with E-state index in [1.54, 1.807) is 0 Å². The van der Waals surface area contributed by atoms with Crippen molar-refractivity contribution in [3.63, 3.8) is 0 Å². The molecule has 0 spiro atoms. The van der Waals surface area contributed by atoms with Crippen LogP contribution in [0.25, 0.3) is 0 Å². The van der Waals surface area contributed by atoms with Crippen LogP contribution in [0.15, 0.2) is 0 Å². The summed E-state index contributed by atoms with van der Waals surface area (Å²) < 4.78 is 0. The van der Waals surface area contributed by atoms with Crippen LogP contribution in [0.5, 0.6) is 0 Å². The molecule has 1 aliphatic heterocycles. The summed E-state index contributed by atoms with van der Waals surface area (Å²) in [6.07, 6.45) is 2.01. The minimum atomic E-state index is 0.0206. The van der Waals surface area contributed by atoms with Crippen molar-refractivity contribution in [2.24, 2.45) is 5.41 Å². The minimum absolute atomic E-state index is 0.0206. The van der Waals surface area contributed by atoms with Gasteiger partial charge in [-0.3, -0.25) is 0 Å². The van der Waals surface area contributed by atoms with Crippen LogP contribution in [0.1, 0.15) is 12.8 Å². The van der Waals surface area contributed by atoms with Gasteiger partial charge in [0.1, 0.15) is 0 Å². The molecule has 1 fully saturated rings. The Balaban J connectivity index is 2.44. The van der Waals surface area contributed by atoms with Crippen molar-refractivity contribution in [1.29, 1.82) is 0 Å². The summed E-state index contributed by atoms with van der Waals surface area (Å²) in [5.74, 6) is 0.588. The first-order chi connectivity index (χ1) is 4.83. The molecule has 1 aliphatic rings. The molecule has 0 aliphatic carbocycles. The van der Waals surface area contributed by atoms with Crippen LogP contribution >= 0.6 is 11.6 Å². The molecule has 0 aromatic rings. The topological polar surface area (TPSA) is 32.3 Å². The van der Waals surface area contributed by atoms with E-state index in [2.05, 4.69) is 5.32 Å². The van der Waals surface area contributed by atoms with E-state index in [0.29, 0.717) is 5.88 Å². The molecule has 1 heterocycles. The zero-order valence-corrected chi connectivity index (χ0v) is 6.82. The first-order valence-electron chi connectivity index (χ1n) is 3.70. The Morgan fingerprint density at radius 1 is 1.40 bits per heavy atom. The molecule has 10 heavy (non-hydrogen) atoms. The van der Waals surface area contributed by atoms with Crippen LogP contribution in [0.4, 0.5) is 0 Å². The SMILES string of the molecule is OCC1(CCl)CCNCC1. The van der Waals surface area contributed by atoms with Crippen LogP contribution in [-0.4, -0.2) is 30.7 Å². The number of alkyl halides is 1. The fourth-order valence-corrected chi connectivity index (χ4v) is 1.64. The number of halogens is 1. The van der Waals surface area contributed by atoms with Crippen LogP contribution < -0.4 is 5.32 Å². The molecule has 0 unspecified atom stereocenters. The molecule has 1 saturated heterocycles. The fraction of sp³-hybridized carbons (Fsp3) is 1.00. The molecule has 0 atom stereocenters. The summed E-state index contributed by atoms with van der Waals surface area (Å²) >= 11 is 5.75. The van der Waals surface area contributed by atoms with E-state index in [1.807, 2.05) is 0 Å². The van der Waals surface area contributed by atoms with Crippen LogP contribution in [0, 0.1) is 5.41 Å². The van der Waals surface area contributed by atoms with E-state index in [9.17, 15) is 0 Å². The summed E-state index contributed by atoms with van der Waals surface area (Å²) in [6.45, 7) is 2.22. The maximum absolute atomic E-state index is 9.03. The van der Waals surface area contributed by atoms with Gasteiger partial charge in [0.15, 0.2) is 0 Å². The molecule has 0 saturated carbocycles. The molecule has 0 amide bonds. The van der Waals surface area contributed by atoms with Gasteiger partial charge in [-0.2, -0.15) is 0 Å². The molecular formula is C7H14ClNO. The van der Waals surface area contributed by atoms with Crippen molar-refractivity contribution < 1.29 is 5.11 Å². The lowest BCUT2D eigenvalue weighted by atomic mass is 9.82. The number of aliphatic hydroxyl groups is 1. The third kappa shape index (κ3) is 1.62. The second-order valence-electron chi connectivity index (χ2n) is 3.04. The van der Waals surface area contributed by atoms with Gasteiger partial charge in [0.2, 0.25) is 0 Å². The molecule has 0 aromatic carbocycles. The van der Waals surface area contributed by atoms with Crippen LogP contribution in [0.2, 0.25) is 0 Å². The monoisotopic (exact) mass is 163 g/mol. The quantitative estimate of drug-likeness (QED) is 0.584. The number of hydrogen-bond acceptors (Lipinski definition) is 2. The van der Waals surface area contributed by atoms with Crippen molar-refractivity contribution in [2.75, 3.05) is 25.6 Å². The Labute approximate surface area is 66.6 Å². The zero-order valence-electron chi connectivity index (χ0n) is 6.07. The van der Waals surface area contributed by atoms with Gasteiger partial charge in [-0.15, -0.1) is 11.6 Å². The van der Waals surface area contributed by atoms with Gasteiger partial charge in [-0.25, -0.2) is 0 Å². The number of hydrogen-bond donors (Lipinski definition) is 2. The van der Waals surface area contributed by atoms with E-state index in [0.717, 1.165) is 25.9 Å². The van der Waals surface area contributed by atoms with Crippen molar-refractivity contribution in [1.82, 2.24) is 5.32 Å². The minimum Gasteiger partial charge on any atom is -0.396 e. The predicted molar refractivity (Wildman–Crippen MR) is 42.3 cm³/mol. The zero-order chi connectivity index (χ0) is 7.45. The van der Waals surface area contributed by atoms with E-state index >= 15 is 0 Å². The molecule has 0 radical (unpaired) electrons. The summed E-state index contributed by atoms with van der Waals surface area (Å²) in [4.78, 5) is 0. The summed E-state index contributed by atoms with van der Waals surface area (Å²) in [6, 6.07) is 0. The van der Waals surface area contributed by atoms with Gasteiger partial charge in [-0.05, 0) is 25.9 Å². The van der Waals surface area contributed by atoms with Gasteiger partial charge >= 0.3 is 0 Å². The fourth-order valence-electron chi connectivity index (χ4n) is 1.29. The largest absolute Gasteiger partial charge is 0.396 e. The number of aliphatic hydroxyl groups excluding tert-OH is 1. The van der Waals surface area contributed by atoms with Gasteiger partial charge < -0.3 is 10.4 Å². The second kappa shape index (κ2) is 3.56. The Hall–Kier alpha value is 0.210. The molecule has 60 valence electrons. The number of nitrogens with one attached hydrogen (secondary N) is 1. The van der Waals surface area contributed by atoms with Gasteiger partial charge in [0.05, 0.1) is 0 Å². The Kier molecular flexibility index (Phi) is 2.96. The standard InChI is InChI=1S/C7H14ClNO/c8-5-7(6-10)1-3-9-4-2-7/h9-10H,1-6H2. The Morgan fingerprint density at radius 2 is 2.00 bits per heavy atom. The lowest BCUT2D eigenvalue weighted by Crippen LogP contribution is -2.40. The van der Waals surface area contributed by atoms with Gasteiger partial charge in [0, 0.05) is 17.9 Å². The molecule has 3 heteroatoms. The molecule has 1 rings (SSSR count). The molecular weight excluding hydrogens is 150 g/mol. The highest BCUT2D eigenvalue weighted by Crippen LogP contribution is 2.28. The number of rotatable bonds is 2.